The van der Waals surface area contributed by atoms with Gasteiger partial charge < -0.3 is 10.5 Å². The zero-order valence-electron chi connectivity index (χ0n) is 9.42. The minimum absolute atomic E-state index is 0.585. The Balaban J connectivity index is 1.78. The number of halogens is 1. The maximum Gasteiger partial charge on any atom is 0.0727 e. The molecule has 0 spiro atoms. The summed E-state index contributed by atoms with van der Waals surface area (Å²) in [5.74, 6) is 0.947. The van der Waals surface area contributed by atoms with E-state index in [2.05, 4.69) is 34.1 Å². The van der Waals surface area contributed by atoms with Crippen LogP contribution in [0.25, 0.3) is 0 Å². The maximum absolute atomic E-state index is 5.66. The van der Waals surface area contributed by atoms with E-state index in [0.717, 1.165) is 22.6 Å². The molecular weight excluding hydrogens is 266 g/mol. The second kappa shape index (κ2) is 5.80. The van der Waals surface area contributed by atoms with Crippen LogP contribution in [0.2, 0.25) is 0 Å². The van der Waals surface area contributed by atoms with E-state index >= 15 is 0 Å². The summed E-state index contributed by atoms with van der Waals surface area (Å²) in [5.41, 5.74) is 7.93. The summed E-state index contributed by atoms with van der Waals surface area (Å²) < 4.78 is 6.76. The highest BCUT2D eigenvalue weighted by molar-refractivity contribution is 9.10. The van der Waals surface area contributed by atoms with Gasteiger partial charge in [0, 0.05) is 17.6 Å². The standard InChI is InChI=1S/C13H18BrNO/c14-13-7-11(8-15)3-4-12(13)9-16-6-5-10-1-2-10/h3-4,7,10H,1-2,5-6,8-9,15H2. The lowest BCUT2D eigenvalue weighted by atomic mass is 10.1. The molecule has 0 saturated heterocycles. The van der Waals surface area contributed by atoms with Gasteiger partial charge in [-0.1, -0.05) is 40.9 Å². The third-order valence-corrected chi connectivity index (χ3v) is 3.72. The summed E-state index contributed by atoms with van der Waals surface area (Å²) in [6, 6.07) is 6.22. The Labute approximate surface area is 105 Å². The van der Waals surface area contributed by atoms with E-state index < -0.39 is 0 Å². The Morgan fingerprint density at radius 1 is 1.38 bits per heavy atom. The normalized spacial score (nSPS) is 15.4. The number of ether oxygens (including phenoxy) is 1. The van der Waals surface area contributed by atoms with Gasteiger partial charge >= 0.3 is 0 Å². The van der Waals surface area contributed by atoms with Crippen LogP contribution in [-0.4, -0.2) is 6.61 Å². The number of nitrogens with two attached hydrogens (primary N) is 1. The van der Waals surface area contributed by atoms with Gasteiger partial charge in [-0.25, -0.2) is 0 Å². The van der Waals surface area contributed by atoms with E-state index in [-0.39, 0.29) is 0 Å². The first-order valence-electron chi connectivity index (χ1n) is 5.84. The fourth-order valence-corrected chi connectivity index (χ4v) is 2.21. The van der Waals surface area contributed by atoms with Crippen LogP contribution in [0.1, 0.15) is 30.4 Å². The fraction of sp³-hybridized carbons (Fsp3) is 0.538. The molecule has 0 atom stereocenters. The SMILES string of the molecule is NCc1ccc(COCCC2CC2)c(Br)c1. The fourth-order valence-electron chi connectivity index (χ4n) is 1.67. The van der Waals surface area contributed by atoms with E-state index in [1.165, 1.54) is 24.8 Å². The molecule has 0 heterocycles. The maximum atomic E-state index is 5.66. The van der Waals surface area contributed by atoms with E-state index in [4.69, 9.17) is 10.5 Å². The molecule has 2 nitrogen and oxygen atoms in total. The second-order valence-corrected chi connectivity index (χ2v) is 5.27. The Morgan fingerprint density at radius 3 is 2.81 bits per heavy atom. The lowest BCUT2D eigenvalue weighted by Gasteiger charge is -2.07. The average molecular weight is 284 g/mol. The monoisotopic (exact) mass is 283 g/mol. The summed E-state index contributed by atoms with van der Waals surface area (Å²) in [7, 11) is 0. The molecule has 16 heavy (non-hydrogen) atoms. The second-order valence-electron chi connectivity index (χ2n) is 4.41. The molecule has 88 valence electrons. The van der Waals surface area contributed by atoms with Crippen molar-refractivity contribution in [1.82, 2.24) is 0 Å². The molecule has 0 radical (unpaired) electrons. The number of hydrogen-bond acceptors (Lipinski definition) is 2. The lowest BCUT2D eigenvalue weighted by Crippen LogP contribution is -2.00. The first-order chi connectivity index (χ1) is 7.79. The van der Waals surface area contributed by atoms with Gasteiger partial charge in [0.2, 0.25) is 0 Å². The van der Waals surface area contributed by atoms with Gasteiger partial charge in [0.25, 0.3) is 0 Å². The minimum atomic E-state index is 0.585. The summed E-state index contributed by atoms with van der Waals surface area (Å²) in [5, 5.41) is 0. The van der Waals surface area contributed by atoms with Crippen molar-refractivity contribution in [3.05, 3.63) is 33.8 Å². The molecule has 1 aromatic carbocycles. The molecule has 1 saturated carbocycles. The molecule has 0 aliphatic heterocycles. The zero-order chi connectivity index (χ0) is 11.4. The summed E-state index contributed by atoms with van der Waals surface area (Å²) in [4.78, 5) is 0. The van der Waals surface area contributed by atoms with Crippen molar-refractivity contribution in [3.8, 4) is 0 Å². The van der Waals surface area contributed by atoms with E-state index in [9.17, 15) is 0 Å². The van der Waals surface area contributed by atoms with Crippen LogP contribution >= 0.6 is 15.9 Å². The van der Waals surface area contributed by atoms with Gasteiger partial charge in [-0.05, 0) is 29.5 Å². The molecule has 1 aliphatic carbocycles. The van der Waals surface area contributed by atoms with Crippen molar-refractivity contribution < 1.29 is 4.74 Å². The van der Waals surface area contributed by atoms with Crippen molar-refractivity contribution in [3.63, 3.8) is 0 Å². The summed E-state index contributed by atoms with van der Waals surface area (Å²) in [6.07, 6.45) is 4.02. The van der Waals surface area contributed by atoms with Crippen LogP contribution in [0.5, 0.6) is 0 Å². The lowest BCUT2D eigenvalue weighted by molar-refractivity contribution is 0.114. The van der Waals surface area contributed by atoms with Crippen LogP contribution in [0.3, 0.4) is 0 Å². The Hall–Kier alpha value is -0.380. The van der Waals surface area contributed by atoms with Crippen molar-refractivity contribution in [2.75, 3.05) is 6.61 Å². The molecule has 2 N–H and O–H groups in total. The molecule has 0 unspecified atom stereocenters. The quantitative estimate of drug-likeness (QED) is 0.814. The Kier molecular flexibility index (Phi) is 4.38. The third kappa shape index (κ3) is 3.58. The van der Waals surface area contributed by atoms with Gasteiger partial charge in [0.1, 0.15) is 0 Å². The predicted molar refractivity (Wildman–Crippen MR) is 69.0 cm³/mol. The molecule has 1 fully saturated rings. The van der Waals surface area contributed by atoms with Gasteiger partial charge in [-0.15, -0.1) is 0 Å². The highest BCUT2D eigenvalue weighted by Gasteiger charge is 2.20. The molecule has 3 heteroatoms. The third-order valence-electron chi connectivity index (χ3n) is 2.98. The molecule has 2 rings (SSSR count). The predicted octanol–water partition coefficient (Wildman–Crippen LogP) is 3.22. The van der Waals surface area contributed by atoms with Crippen molar-refractivity contribution >= 4 is 15.9 Å². The van der Waals surface area contributed by atoms with Crippen molar-refractivity contribution in [2.24, 2.45) is 11.7 Å². The van der Waals surface area contributed by atoms with Gasteiger partial charge in [0.15, 0.2) is 0 Å². The van der Waals surface area contributed by atoms with Crippen LogP contribution in [-0.2, 0) is 17.9 Å². The zero-order valence-corrected chi connectivity index (χ0v) is 11.0. The summed E-state index contributed by atoms with van der Waals surface area (Å²) >= 11 is 3.55. The Morgan fingerprint density at radius 2 is 2.19 bits per heavy atom. The average Bonchev–Trinajstić information content (AvgIpc) is 3.10. The Bertz CT molecular complexity index is 350. The molecule has 0 aromatic heterocycles. The number of rotatable bonds is 6. The van der Waals surface area contributed by atoms with Gasteiger partial charge in [0.05, 0.1) is 6.61 Å². The molecule has 1 aliphatic rings. The van der Waals surface area contributed by atoms with Crippen LogP contribution < -0.4 is 5.73 Å². The van der Waals surface area contributed by atoms with E-state index in [1.807, 2.05) is 0 Å². The smallest absolute Gasteiger partial charge is 0.0727 e. The topological polar surface area (TPSA) is 35.2 Å². The first kappa shape index (κ1) is 12.1. The van der Waals surface area contributed by atoms with Crippen LogP contribution in [0.15, 0.2) is 22.7 Å². The van der Waals surface area contributed by atoms with Crippen LogP contribution in [0, 0.1) is 5.92 Å². The van der Waals surface area contributed by atoms with Crippen molar-refractivity contribution in [2.45, 2.75) is 32.4 Å². The van der Waals surface area contributed by atoms with E-state index in [1.54, 1.807) is 0 Å². The largest absolute Gasteiger partial charge is 0.377 e. The minimum Gasteiger partial charge on any atom is -0.377 e. The first-order valence-corrected chi connectivity index (χ1v) is 6.64. The molecule has 0 bridgehead atoms. The molecule has 1 aromatic rings. The van der Waals surface area contributed by atoms with Gasteiger partial charge in [-0.3, -0.25) is 0 Å². The number of benzene rings is 1. The van der Waals surface area contributed by atoms with Gasteiger partial charge in [-0.2, -0.15) is 0 Å². The molecular formula is C13H18BrNO. The highest BCUT2D eigenvalue weighted by atomic mass is 79.9. The van der Waals surface area contributed by atoms with E-state index in [0.29, 0.717) is 13.2 Å². The molecule has 0 amide bonds. The highest BCUT2D eigenvalue weighted by Crippen LogP contribution is 2.32. The number of hydrogen-bond donors (Lipinski definition) is 1. The van der Waals surface area contributed by atoms with Crippen LogP contribution in [0.4, 0.5) is 0 Å². The summed E-state index contributed by atoms with van der Waals surface area (Å²) in [6.45, 7) is 2.16. The van der Waals surface area contributed by atoms with Crippen molar-refractivity contribution in [1.29, 1.82) is 0 Å².